The quantitative estimate of drug-likeness (QED) is 0.0254. The second kappa shape index (κ2) is 29.1. The largest absolute Gasteiger partial charge is 0.491 e. The molecular weight excluding hydrogens is 1110 g/mol. The molecule has 0 saturated heterocycles. The summed E-state index contributed by atoms with van der Waals surface area (Å²) in [7, 11) is -3.82. The van der Waals surface area contributed by atoms with Gasteiger partial charge in [0.25, 0.3) is 11.8 Å². The van der Waals surface area contributed by atoms with Crippen LogP contribution >= 0.6 is 27.5 Å². The second-order valence-electron chi connectivity index (χ2n) is 18.4. The van der Waals surface area contributed by atoms with E-state index in [0.29, 0.717) is 110 Å². The first-order valence-electron chi connectivity index (χ1n) is 24.5. The summed E-state index contributed by atoms with van der Waals surface area (Å²) in [6.07, 6.45) is 1.24. The highest BCUT2D eigenvalue weighted by Gasteiger charge is 2.64. The highest BCUT2D eigenvalue weighted by atomic mass is 79.9. The summed E-state index contributed by atoms with van der Waals surface area (Å²) in [6.45, 7) is 12.8. The van der Waals surface area contributed by atoms with Gasteiger partial charge in [-0.25, -0.2) is 22.5 Å². The van der Waals surface area contributed by atoms with E-state index in [-0.39, 0.29) is 76.6 Å². The number of primary amides is 1. The third-order valence-electron chi connectivity index (χ3n) is 12.1. The Bertz CT molecular complexity index is 2890. The number of nitrogens with one attached hydrogen (secondary N) is 4. The molecule has 0 spiro atoms. The molecule has 1 saturated carbocycles. The smallest absolute Gasteiger partial charge is 0.253 e. The molecule has 1 aliphatic carbocycles. The predicted octanol–water partition coefficient (Wildman–Crippen LogP) is 7.56. The van der Waals surface area contributed by atoms with Crippen molar-refractivity contribution in [2.75, 3.05) is 103 Å². The molecule has 0 atom stereocenters. The number of nitrogens with zero attached hydrogens (tertiary/aromatic N) is 3. The van der Waals surface area contributed by atoms with Crippen LogP contribution in [0.3, 0.4) is 0 Å². The molecule has 0 unspecified atom stereocenters. The van der Waals surface area contributed by atoms with Crippen LogP contribution < -0.4 is 35.9 Å². The summed E-state index contributed by atoms with van der Waals surface area (Å²) < 4.78 is 88.2. The highest BCUT2D eigenvalue weighted by molar-refractivity contribution is 9.10. The molecule has 6 rings (SSSR count). The van der Waals surface area contributed by atoms with Gasteiger partial charge in [-0.05, 0) is 88.7 Å². The number of rotatable bonds is 33. The zero-order chi connectivity index (χ0) is 55.4. The van der Waals surface area contributed by atoms with Gasteiger partial charge in [0.15, 0.2) is 0 Å². The Morgan fingerprint density at radius 1 is 0.766 bits per heavy atom. The summed E-state index contributed by atoms with van der Waals surface area (Å²) in [5.74, 6) is -0.360. The molecule has 0 bridgehead atoms. The van der Waals surface area contributed by atoms with E-state index < -0.39 is 21.7 Å². The maximum absolute atomic E-state index is 14.2. The van der Waals surface area contributed by atoms with Crippen LogP contribution in [0.1, 0.15) is 54.0 Å². The van der Waals surface area contributed by atoms with Crippen LogP contribution in [-0.4, -0.2) is 135 Å². The number of hydrogen-bond acceptors (Lipinski definition) is 17. The number of halogens is 3. The minimum atomic E-state index is -3.82. The number of carbonyl (C=O) groups is 2. The lowest BCUT2D eigenvalue weighted by molar-refractivity contribution is -0.164. The van der Waals surface area contributed by atoms with Crippen LogP contribution in [0, 0.1) is 28.0 Å². The van der Waals surface area contributed by atoms with Crippen molar-refractivity contribution in [1.29, 1.82) is 5.26 Å². The molecule has 0 radical (unpaired) electrons. The van der Waals surface area contributed by atoms with E-state index in [9.17, 15) is 27.7 Å². The lowest BCUT2D eigenvalue weighted by Crippen LogP contribution is -2.74. The summed E-state index contributed by atoms with van der Waals surface area (Å²) >= 11 is 9.55. The monoisotopic (exact) mass is 1170 g/mol. The van der Waals surface area contributed by atoms with Crippen molar-refractivity contribution in [3.8, 4) is 17.6 Å². The number of benzene rings is 4. The molecule has 1 aliphatic rings. The van der Waals surface area contributed by atoms with Gasteiger partial charge in [0.05, 0.1) is 110 Å². The molecule has 1 fully saturated rings. The maximum Gasteiger partial charge on any atom is 0.253 e. The van der Waals surface area contributed by atoms with Crippen molar-refractivity contribution in [3.63, 3.8) is 0 Å². The Labute approximate surface area is 460 Å². The van der Waals surface area contributed by atoms with Gasteiger partial charge in [0.1, 0.15) is 41.9 Å². The van der Waals surface area contributed by atoms with Crippen molar-refractivity contribution in [2.24, 2.45) is 16.6 Å². The van der Waals surface area contributed by atoms with Crippen LogP contribution in [0.2, 0.25) is 5.02 Å². The molecule has 24 heteroatoms. The van der Waals surface area contributed by atoms with E-state index in [0.717, 1.165) is 6.07 Å². The Morgan fingerprint density at radius 2 is 1.32 bits per heavy atom. The number of sulfonamides is 1. The average Bonchev–Trinajstić information content (AvgIpc) is 3.40. The van der Waals surface area contributed by atoms with Gasteiger partial charge in [-0.1, -0.05) is 45.4 Å². The third-order valence-corrected chi connectivity index (χ3v) is 14.5. The zero-order valence-corrected chi connectivity index (χ0v) is 46.2. The van der Waals surface area contributed by atoms with Gasteiger partial charge in [0.2, 0.25) is 16.0 Å². The lowest BCUT2D eigenvalue weighted by atomic mass is 9.49. The number of nitriles is 1. The van der Waals surface area contributed by atoms with Crippen LogP contribution in [-0.2, 0) is 38.4 Å². The van der Waals surface area contributed by atoms with Crippen LogP contribution in [0.4, 0.5) is 27.5 Å². The summed E-state index contributed by atoms with van der Waals surface area (Å²) in [5.41, 5.74) is 5.78. The topological polar surface area (TPSA) is 266 Å². The number of nitrogens with two attached hydrogens (primary N) is 1. The molecule has 5 aromatic rings. The van der Waals surface area contributed by atoms with Crippen molar-refractivity contribution in [1.82, 2.24) is 20.0 Å². The van der Waals surface area contributed by atoms with Gasteiger partial charge >= 0.3 is 0 Å². The Morgan fingerprint density at radius 3 is 1.88 bits per heavy atom. The first-order chi connectivity index (χ1) is 36.9. The van der Waals surface area contributed by atoms with Crippen molar-refractivity contribution < 1.29 is 60.3 Å². The normalized spacial score (nSPS) is 15.5. The maximum atomic E-state index is 14.2. The first-order valence-corrected chi connectivity index (χ1v) is 27.2. The number of hydrogen-bond donors (Lipinski definition) is 5. The van der Waals surface area contributed by atoms with Gasteiger partial charge < -0.3 is 59.6 Å². The summed E-state index contributed by atoms with van der Waals surface area (Å²) in [6, 6.07) is 23.8. The molecule has 6 N–H and O–H groups in total. The molecule has 4 aromatic carbocycles. The van der Waals surface area contributed by atoms with Gasteiger partial charge in [-0.15, -0.1) is 0 Å². The SMILES string of the molecule is CC1(C)C(NC(=O)c2ccc(OCCOCCOCCOCCOCCOCCOCCNS(=O)(=O)c3ccc(Nc4ncc(Br)c(Nc5cccc(F)c5C(N)=O)n4)cc3)cc2)C(C)(C)C1Oc1ccc(C#N)c(Cl)c1. The van der Waals surface area contributed by atoms with Gasteiger partial charge in [0, 0.05) is 46.9 Å². The van der Waals surface area contributed by atoms with E-state index >= 15 is 0 Å². The zero-order valence-electron chi connectivity index (χ0n) is 43.1. The molecule has 2 amide bonds. The number of carbonyl (C=O) groups excluding carboxylic acids is 2. The van der Waals surface area contributed by atoms with Crippen LogP contribution in [0.15, 0.2) is 100 Å². The fourth-order valence-corrected chi connectivity index (χ4v) is 10.1. The predicted molar refractivity (Wildman–Crippen MR) is 289 cm³/mol. The minimum absolute atomic E-state index is 0.0392. The fraction of sp³-hybridized carbons (Fsp3) is 0.415. The van der Waals surface area contributed by atoms with Crippen LogP contribution in [0.25, 0.3) is 0 Å². The van der Waals surface area contributed by atoms with Crippen LogP contribution in [0.5, 0.6) is 11.5 Å². The van der Waals surface area contributed by atoms with E-state index in [1.54, 1.807) is 54.6 Å². The average molecular weight is 1170 g/mol. The molecule has 0 aliphatic heterocycles. The van der Waals surface area contributed by atoms with E-state index in [4.69, 9.17) is 55.2 Å². The molecule has 1 aromatic heterocycles. The Hall–Kier alpha value is -6.04. The third kappa shape index (κ3) is 17.5. The number of ether oxygens (including phenoxy) is 8. The van der Waals surface area contributed by atoms with E-state index in [1.807, 2.05) is 0 Å². The highest BCUT2D eigenvalue weighted by Crippen LogP contribution is 2.55. The van der Waals surface area contributed by atoms with Gasteiger partial charge in [-0.3, -0.25) is 9.59 Å². The standard InChI is InChI=1S/C53H63BrClFN8O12S/c1-52(2)49(53(3,4)50(52)76-39-15-10-36(33-57)42(55)32-39)64-48(66)35-8-13-38(14-9-35)75-31-30-74-29-28-73-27-26-72-25-24-71-23-22-70-21-20-69-19-18-60-77(67,68)40-16-11-37(12-17-40)61-51-59-34-41(54)47(63-51)62-44-7-5-6-43(56)45(44)46(58)65/h5-17,32,34,49-50,60H,18-31H2,1-4H3,(H2,58,65)(H,64,66)(H2,59,61,62,63). The molecule has 20 nitrogen and oxygen atoms in total. The number of anilines is 4. The van der Waals surface area contributed by atoms with Gasteiger partial charge in [-0.2, -0.15) is 10.2 Å². The second-order valence-corrected chi connectivity index (χ2v) is 21.5. The summed E-state index contributed by atoms with van der Waals surface area (Å²) in [4.78, 5) is 33.7. The fourth-order valence-electron chi connectivity index (χ4n) is 8.63. The van der Waals surface area contributed by atoms with E-state index in [2.05, 4.69) is 80.3 Å². The Kier molecular flexibility index (Phi) is 22.7. The molecule has 414 valence electrons. The number of amides is 2. The first kappa shape index (κ1) is 60.2. The number of aromatic nitrogens is 2. The molecular formula is C53H63BrClFN8O12S. The van der Waals surface area contributed by atoms with E-state index in [1.165, 1.54) is 30.5 Å². The minimum Gasteiger partial charge on any atom is -0.491 e. The molecule has 77 heavy (non-hydrogen) atoms. The van der Waals surface area contributed by atoms with Crippen molar-refractivity contribution >= 4 is 72.5 Å². The summed E-state index contributed by atoms with van der Waals surface area (Å²) in [5, 5.41) is 18.6. The Balaban J connectivity index is 0.712. The van der Waals surface area contributed by atoms with Crippen molar-refractivity contribution in [2.45, 2.75) is 44.7 Å². The lowest BCUT2D eigenvalue weighted by Gasteiger charge is -2.63. The molecule has 1 heterocycles. The van der Waals surface area contributed by atoms with Crippen molar-refractivity contribution in [3.05, 3.63) is 123 Å².